The second-order valence-electron chi connectivity index (χ2n) is 3.80. The number of carbonyl (C=O) groups excluding carboxylic acids is 1. The van der Waals surface area contributed by atoms with Crippen LogP contribution in [-0.4, -0.2) is 29.5 Å². The second kappa shape index (κ2) is 3.52. The van der Waals surface area contributed by atoms with E-state index in [-0.39, 0.29) is 5.97 Å². The van der Waals surface area contributed by atoms with E-state index in [0.29, 0.717) is 19.0 Å². The van der Waals surface area contributed by atoms with Crippen molar-refractivity contribution in [3.05, 3.63) is 10.7 Å². The maximum atomic E-state index is 11.6. The number of hydrogen-bond acceptors (Lipinski definition) is 4. The highest BCUT2D eigenvalue weighted by atomic mass is 79.9. The number of nitrogens with zero attached hydrogens (tertiary/aromatic N) is 2. The van der Waals surface area contributed by atoms with Crippen LogP contribution in [0, 0.1) is 5.41 Å². The maximum Gasteiger partial charge on any atom is 0.316 e. The molecule has 2 rings (SSSR count). The third-order valence-electron chi connectivity index (χ3n) is 2.45. The Morgan fingerprint density at radius 3 is 3.20 bits per heavy atom. The Hall–Kier alpha value is -1.04. The molecule has 6 heteroatoms. The van der Waals surface area contributed by atoms with Gasteiger partial charge in [-0.3, -0.25) is 4.79 Å². The predicted octanol–water partition coefficient (Wildman–Crippen LogP) is 1.22. The molecule has 15 heavy (non-hydrogen) atoms. The lowest BCUT2D eigenvalue weighted by molar-refractivity contribution is -0.156. The molecule has 5 nitrogen and oxygen atoms in total. The third kappa shape index (κ3) is 1.62. The lowest BCUT2D eigenvalue weighted by Gasteiger charge is -2.31. The van der Waals surface area contributed by atoms with Gasteiger partial charge in [0.25, 0.3) is 0 Å². The van der Waals surface area contributed by atoms with Crippen LogP contribution in [0.4, 0.5) is 0 Å². The highest BCUT2D eigenvalue weighted by Gasteiger charge is 2.40. The van der Waals surface area contributed by atoms with Gasteiger partial charge in [0.1, 0.15) is 12.0 Å². The number of rotatable bonds is 1. The summed E-state index contributed by atoms with van der Waals surface area (Å²) in [5.41, 5.74) is -0.660. The molecule has 1 aliphatic rings. The standard InChI is InChI=1S/C9H11BrN2O3/c1-9(8(13)14-2)4-12-7(15-5-9)6(10)3-11-12/h3H,4-5H2,1-2H3. The van der Waals surface area contributed by atoms with Crippen molar-refractivity contribution in [2.45, 2.75) is 13.5 Å². The van der Waals surface area contributed by atoms with Crippen molar-refractivity contribution in [3.63, 3.8) is 0 Å². The van der Waals surface area contributed by atoms with E-state index in [1.165, 1.54) is 7.11 Å². The third-order valence-corrected chi connectivity index (χ3v) is 3.00. The van der Waals surface area contributed by atoms with Crippen LogP contribution < -0.4 is 4.74 Å². The molecular formula is C9H11BrN2O3. The summed E-state index contributed by atoms with van der Waals surface area (Å²) in [6, 6.07) is 0. The molecule has 0 saturated carbocycles. The minimum Gasteiger partial charge on any atom is -0.476 e. The molecule has 0 aliphatic carbocycles. The van der Waals surface area contributed by atoms with E-state index in [1.54, 1.807) is 17.8 Å². The van der Waals surface area contributed by atoms with E-state index in [0.717, 1.165) is 4.47 Å². The van der Waals surface area contributed by atoms with E-state index in [2.05, 4.69) is 21.0 Å². The number of halogens is 1. The number of carbonyl (C=O) groups is 1. The average Bonchev–Trinajstić information content (AvgIpc) is 2.58. The van der Waals surface area contributed by atoms with Crippen molar-refractivity contribution in [2.24, 2.45) is 5.41 Å². The van der Waals surface area contributed by atoms with Crippen molar-refractivity contribution in [1.29, 1.82) is 0 Å². The molecule has 1 unspecified atom stereocenters. The minimum absolute atomic E-state index is 0.278. The van der Waals surface area contributed by atoms with E-state index in [9.17, 15) is 4.79 Å². The van der Waals surface area contributed by atoms with Gasteiger partial charge in [0.05, 0.1) is 24.3 Å². The van der Waals surface area contributed by atoms with Gasteiger partial charge in [-0.2, -0.15) is 5.10 Å². The number of hydrogen-bond donors (Lipinski definition) is 0. The van der Waals surface area contributed by atoms with Gasteiger partial charge in [-0.25, -0.2) is 4.68 Å². The monoisotopic (exact) mass is 274 g/mol. The summed E-state index contributed by atoms with van der Waals surface area (Å²) < 4.78 is 12.7. The predicted molar refractivity (Wildman–Crippen MR) is 55.5 cm³/mol. The van der Waals surface area contributed by atoms with Crippen molar-refractivity contribution in [3.8, 4) is 5.88 Å². The smallest absolute Gasteiger partial charge is 0.316 e. The fraction of sp³-hybridized carbons (Fsp3) is 0.556. The topological polar surface area (TPSA) is 53.4 Å². The van der Waals surface area contributed by atoms with Gasteiger partial charge < -0.3 is 9.47 Å². The average molecular weight is 275 g/mol. The number of ether oxygens (including phenoxy) is 2. The zero-order valence-electron chi connectivity index (χ0n) is 8.49. The SMILES string of the molecule is COC(=O)C1(C)COc2c(Br)cnn2C1. The Labute approximate surface area is 95.5 Å². The summed E-state index contributed by atoms with van der Waals surface area (Å²) in [7, 11) is 1.38. The molecule has 0 fully saturated rings. The molecule has 0 spiro atoms. The molecule has 0 bridgehead atoms. The summed E-state index contributed by atoms with van der Waals surface area (Å²) in [6.07, 6.45) is 1.65. The van der Waals surface area contributed by atoms with Gasteiger partial charge in [0.2, 0.25) is 5.88 Å². The van der Waals surface area contributed by atoms with E-state index in [4.69, 9.17) is 9.47 Å². The first-order valence-corrected chi connectivity index (χ1v) is 5.29. The quantitative estimate of drug-likeness (QED) is 0.723. The van der Waals surface area contributed by atoms with Crippen LogP contribution in [0.15, 0.2) is 10.7 Å². The van der Waals surface area contributed by atoms with Crippen molar-refractivity contribution >= 4 is 21.9 Å². The molecule has 1 atom stereocenters. The van der Waals surface area contributed by atoms with Gasteiger partial charge in [-0.15, -0.1) is 0 Å². The Morgan fingerprint density at radius 1 is 1.80 bits per heavy atom. The first kappa shape index (κ1) is 10.5. The fourth-order valence-corrected chi connectivity index (χ4v) is 1.99. The Kier molecular flexibility index (Phi) is 2.46. The van der Waals surface area contributed by atoms with E-state index < -0.39 is 5.41 Å². The summed E-state index contributed by atoms with van der Waals surface area (Å²) in [4.78, 5) is 11.6. The maximum absolute atomic E-state index is 11.6. The molecule has 0 saturated heterocycles. The largest absolute Gasteiger partial charge is 0.476 e. The van der Waals surface area contributed by atoms with Crippen LogP contribution in [0.3, 0.4) is 0 Å². The van der Waals surface area contributed by atoms with Crippen LogP contribution in [0.2, 0.25) is 0 Å². The molecule has 1 aromatic rings. The zero-order valence-corrected chi connectivity index (χ0v) is 10.1. The molecule has 2 heterocycles. The fourth-order valence-electron chi connectivity index (χ4n) is 1.58. The van der Waals surface area contributed by atoms with E-state index >= 15 is 0 Å². The van der Waals surface area contributed by atoms with Gasteiger partial charge in [-0.1, -0.05) is 0 Å². The molecule has 1 aliphatic heterocycles. The van der Waals surface area contributed by atoms with Gasteiger partial charge >= 0.3 is 5.97 Å². The van der Waals surface area contributed by atoms with Crippen molar-refractivity contribution in [2.75, 3.05) is 13.7 Å². The van der Waals surface area contributed by atoms with Crippen LogP contribution >= 0.6 is 15.9 Å². The Bertz CT molecular complexity index is 404. The molecule has 0 radical (unpaired) electrons. The normalized spacial score (nSPS) is 24.2. The summed E-state index contributed by atoms with van der Waals surface area (Å²) >= 11 is 3.32. The zero-order chi connectivity index (χ0) is 11.1. The number of aromatic nitrogens is 2. The van der Waals surface area contributed by atoms with Crippen molar-refractivity contribution in [1.82, 2.24) is 9.78 Å². The molecular weight excluding hydrogens is 264 g/mol. The minimum atomic E-state index is -0.660. The van der Waals surface area contributed by atoms with Gasteiger partial charge in [0.15, 0.2) is 0 Å². The second-order valence-corrected chi connectivity index (χ2v) is 4.65. The lowest BCUT2D eigenvalue weighted by atomic mass is 9.91. The van der Waals surface area contributed by atoms with Crippen LogP contribution in [0.5, 0.6) is 5.88 Å². The van der Waals surface area contributed by atoms with E-state index in [1.807, 2.05) is 0 Å². The molecule has 82 valence electrons. The van der Waals surface area contributed by atoms with Gasteiger partial charge in [-0.05, 0) is 22.9 Å². The lowest BCUT2D eigenvalue weighted by Crippen LogP contribution is -2.42. The Morgan fingerprint density at radius 2 is 2.53 bits per heavy atom. The van der Waals surface area contributed by atoms with Crippen LogP contribution in [0.1, 0.15) is 6.92 Å². The van der Waals surface area contributed by atoms with Gasteiger partial charge in [0, 0.05) is 0 Å². The number of fused-ring (bicyclic) bond motifs is 1. The van der Waals surface area contributed by atoms with Crippen LogP contribution in [0.25, 0.3) is 0 Å². The van der Waals surface area contributed by atoms with Crippen LogP contribution in [-0.2, 0) is 16.1 Å². The molecule has 0 N–H and O–H groups in total. The summed E-state index contributed by atoms with van der Waals surface area (Å²) in [5, 5.41) is 4.11. The molecule has 0 aromatic carbocycles. The molecule has 1 aromatic heterocycles. The first-order valence-electron chi connectivity index (χ1n) is 4.49. The Balaban J connectivity index is 2.29. The number of methoxy groups -OCH3 is 1. The summed E-state index contributed by atoms with van der Waals surface area (Å²) in [6.45, 7) is 2.59. The van der Waals surface area contributed by atoms with Crippen molar-refractivity contribution < 1.29 is 14.3 Å². The number of esters is 1. The highest BCUT2D eigenvalue weighted by Crippen LogP contribution is 2.34. The highest BCUT2D eigenvalue weighted by molar-refractivity contribution is 9.10. The first-order chi connectivity index (χ1) is 7.07. The summed E-state index contributed by atoms with van der Waals surface area (Å²) in [5.74, 6) is 0.385. The molecule has 0 amide bonds.